The van der Waals surface area contributed by atoms with E-state index < -0.39 is 15.9 Å². The first-order valence-corrected chi connectivity index (χ1v) is 10.6. The van der Waals surface area contributed by atoms with Crippen molar-refractivity contribution in [3.8, 4) is 0 Å². The molecule has 1 aromatic heterocycles. The summed E-state index contributed by atoms with van der Waals surface area (Å²) in [5.74, 6) is -0.295. The highest BCUT2D eigenvalue weighted by molar-refractivity contribution is 7.90. The van der Waals surface area contributed by atoms with Crippen LogP contribution in [0.4, 0.5) is 0 Å². The highest BCUT2D eigenvalue weighted by Gasteiger charge is 2.23. The van der Waals surface area contributed by atoms with Crippen LogP contribution in [0.5, 0.6) is 0 Å². The molecular formula is C18H25N3O3S. The number of hydrogen-bond acceptors (Lipinski definition) is 5. The number of sulfone groups is 1. The van der Waals surface area contributed by atoms with Gasteiger partial charge in [-0.3, -0.25) is 9.58 Å². The van der Waals surface area contributed by atoms with E-state index in [1.807, 2.05) is 10.7 Å². The predicted molar refractivity (Wildman–Crippen MR) is 96.8 cm³/mol. The molecule has 1 aliphatic heterocycles. The lowest BCUT2D eigenvalue weighted by Crippen LogP contribution is -2.33. The van der Waals surface area contributed by atoms with Crippen LogP contribution in [0.15, 0.2) is 30.3 Å². The van der Waals surface area contributed by atoms with E-state index in [1.165, 1.54) is 11.1 Å². The Morgan fingerprint density at radius 2 is 1.96 bits per heavy atom. The van der Waals surface area contributed by atoms with Crippen LogP contribution in [0.2, 0.25) is 0 Å². The van der Waals surface area contributed by atoms with Crippen molar-refractivity contribution in [1.29, 1.82) is 0 Å². The Bertz CT molecular complexity index is 845. The maximum absolute atomic E-state index is 11.4. The second-order valence-corrected chi connectivity index (χ2v) is 8.91. The van der Waals surface area contributed by atoms with Crippen LogP contribution in [0, 0.1) is 0 Å². The highest BCUT2D eigenvalue weighted by Crippen LogP contribution is 2.21. The number of aryl methyl sites for hydroxylation is 1. The monoisotopic (exact) mass is 363 g/mol. The molecule has 0 saturated heterocycles. The zero-order valence-electron chi connectivity index (χ0n) is 14.7. The predicted octanol–water partition coefficient (Wildman–Crippen LogP) is 1.54. The molecule has 1 atom stereocenters. The largest absolute Gasteiger partial charge is 0.386 e. The summed E-state index contributed by atoms with van der Waals surface area (Å²) in [5, 5.41) is 14.5. The number of nitrogens with zero attached hydrogens (tertiary/aromatic N) is 3. The van der Waals surface area contributed by atoms with E-state index >= 15 is 0 Å². The Balaban J connectivity index is 1.71. The first-order chi connectivity index (χ1) is 11.9. The zero-order chi connectivity index (χ0) is 18.0. The summed E-state index contributed by atoms with van der Waals surface area (Å²) in [5.41, 5.74) is 4.17. The highest BCUT2D eigenvalue weighted by atomic mass is 32.2. The van der Waals surface area contributed by atoms with Crippen LogP contribution in [-0.4, -0.2) is 46.8 Å². The van der Waals surface area contributed by atoms with Gasteiger partial charge in [-0.1, -0.05) is 31.2 Å². The van der Waals surface area contributed by atoms with Crippen molar-refractivity contribution >= 4 is 9.84 Å². The number of aliphatic hydroxyl groups excluding tert-OH is 1. The number of aliphatic hydroxyl groups is 1. The van der Waals surface area contributed by atoms with Crippen LogP contribution < -0.4 is 0 Å². The summed E-state index contributed by atoms with van der Waals surface area (Å²) in [6, 6.07) is 10.3. The van der Waals surface area contributed by atoms with E-state index in [4.69, 9.17) is 0 Å². The third-order valence-corrected chi connectivity index (χ3v) is 5.51. The van der Waals surface area contributed by atoms with Crippen LogP contribution in [0.1, 0.15) is 35.5 Å². The fourth-order valence-corrected chi connectivity index (χ4v) is 4.05. The summed E-state index contributed by atoms with van der Waals surface area (Å²) in [4.78, 5) is 2.36. The average molecular weight is 363 g/mol. The third kappa shape index (κ3) is 4.48. The molecule has 2 aromatic rings. The van der Waals surface area contributed by atoms with Gasteiger partial charge in [0, 0.05) is 25.9 Å². The van der Waals surface area contributed by atoms with E-state index in [0.29, 0.717) is 5.69 Å². The number of rotatable bonds is 6. The molecule has 0 spiro atoms. The fourth-order valence-electron chi connectivity index (χ4n) is 3.31. The molecule has 25 heavy (non-hydrogen) atoms. The molecule has 6 nitrogen and oxygen atoms in total. The second-order valence-electron chi connectivity index (χ2n) is 6.72. The van der Waals surface area contributed by atoms with Gasteiger partial charge in [0.15, 0.2) is 0 Å². The van der Waals surface area contributed by atoms with Crippen molar-refractivity contribution in [1.82, 2.24) is 14.7 Å². The Morgan fingerprint density at radius 3 is 2.64 bits per heavy atom. The Morgan fingerprint density at radius 1 is 1.24 bits per heavy atom. The van der Waals surface area contributed by atoms with Crippen molar-refractivity contribution in [3.63, 3.8) is 0 Å². The quantitative estimate of drug-likeness (QED) is 0.843. The molecule has 1 aromatic carbocycles. The molecule has 0 aliphatic carbocycles. The van der Waals surface area contributed by atoms with Crippen LogP contribution in [-0.2, 0) is 35.9 Å². The topological polar surface area (TPSA) is 75.4 Å². The maximum Gasteiger partial charge on any atom is 0.150 e. The second kappa shape index (κ2) is 7.27. The van der Waals surface area contributed by atoms with E-state index in [0.717, 1.165) is 44.5 Å². The molecule has 1 aliphatic rings. The van der Waals surface area contributed by atoms with Crippen molar-refractivity contribution < 1.29 is 13.5 Å². The Kier molecular flexibility index (Phi) is 5.27. The van der Waals surface area contributed by atoms with Gasteiger partial charge in [-0.2, -0.15) is 5.10 Å². The van der Waals surface area contributed by atoms with Gasteiger partial charge in [0.25, 0.3) is 0 Å². The maximum atomic E-state index is 11.4. The lowest BCUT2D eigenvalue weighted by molar-refractivity contribution is 0.191. The number of aromatic nitrogens is 2. The minimum atomic E-state index is -3.24. The summed E-state index contributed by atoms with van der Waals surface area (Å²) >= 11 is 0. The molecule has 136 valence electrons. The van der Waals surface area contributed by atoms with Gasteiger partial charge in [0.05, 0.1) is 23.7 Å². The molecule has 0 fully saturated rings. The molecule has 3 rings (SSSR count). The summed E-state index contributed by atoms with van der Waals surface area (Å²) in [6.07, 6.45) is 1.07. The smallest absolute Gasteiger partial charge is 0.150 e. The van der Waals surface area contributed by atoms with Gasteiger partial charge in [0.1, 0.15) is 15.9 Å². The number of fused-ring (bicyclic) bond motifs is 1. The Labute approximate surface area is 149 Å². The summed E-state index contributed by atoms with van der Waals surface area (Å²) in [6.45, 7) is 5.43. The summed E-state index contributed by atoms with van der Waals surface area (Å²) < 4.78 is 24.6. The molecule has 0 bridgehead atoms. The van der Waals surface area contributed by atoms with Crippen molar-refractivity contribution in [2.45, 2.75) is 39.1 Å². The van der Waals surface area contributed by atoms with Crippen molar-refractivity contribution in [3.05, 3.63) is 52.8 Å². The Hall–Kier alpha value is -1.70. The van der Waals surface area contributed by atoms with E-state index in [2.05, 4.69) is 41.2 Å². The van der Waals surface area contributed by atoms with Crippen molar-refractivity contribution in [2.24, 2.45) is 0 Å². The lowest BCUT2D eigenvalue weighted by Gasteiger charge is -2.28. The zero-order valence-corrected chi connectivity index (χ0v) is 15.5. The third-order valence-electron chi connectivity index (χ3n) is 4.59. The molecule has 0 saturated carbocycles. The van der Waals surface area contributed by atoms with Gasteiger partial charge in [0.2, 0.25) is 0 Å². The molecule has 0 radical (unpaired) electrons. The van der Waals surface area contributed by atoms with Crippen LogP contribution >= 0.6 is 0 Å². The molecule has 2 heterocycles. The first-order valence-electron chi connectivity index (χ1n) is 8.57. The van der Waals surface area contributed by atoms with Crippen LogP contribution in [0.3, 0.4) is 0 Å². The molecular weight excluding hydrogens is 338 g/mol. The lowest BCUT2D eigenvalue weighted by atomic mass is 10.0. The van der Waals surface area contributed by atoms with Gasteiger partial charge < -0.3 is 5.11 Å². The molecule has 0 unspecified atom stereocenters. The van der Waals surface area contributed by atoms with Gasteiger partial charge in [-0.15, -0.1) is 0 Å². The SMILES string of the molecule is CCc1ccccc1CN1CCn2nc([C@@H](O)CS(C)(=O)=O)cc2C1. The minimum Gasteiger partial charge on any atom is -0.386 e. The van der Waals surface area contributed by atoms with Crippen molar-refractivity contribution in [2.75, 3.05) is 18.6 Å². The first kappa shape index (κ1) is 18.1. The van der Waals surface area contributed by atoms with Gasteiger partial charge >= 0.3 is 0 Å². The summed E-state index contributed by atoms with van der Waals surface area (Å²) in [7, 11) is -3.24. The minimum absolute atomic E-state index is 0.295. The van der Waals surface area contributed by atoms with E-state index in [1.54, 1.807) is 0 Å². The van der Waals surface area contributed by atoms with Gasteiger partial charge in [-0.05, 0) is 23.6 Å². The fraction of sp³-hybridized carbons (Fsp3) is 0.500. The molecule has 0 amide bonds. The average Bonchev–Trinajstić information content (AvgIpc) is 2.97. The number of hydrogen-bond donors (Lipinski definition) is 1. The standard InChI is InChI=1S/C18H25N3O3S/c1-3-14-6-4-5-7-15(14)11-20-8-9-21-16(12-20)10-17(19-21)18(22)13-25(2,23)24/h4-7,10,18,22H,3,8-9,11-13H2,1-2H3/t18-/m0/s1. The number of benzene rings is 1. The molecule has 7 heteroatoms. The normalized spacial score (nSPS) is 16.6. The van der Waals surface area contributed by atoms with E-state index in [-0.39, 0.29) is 5.75 Å². The van der Waals surface area contributed by atoms with Gasteiger partial charge in [-0.25, -0.2) is 8.42 Å². The van der Waals surface area contributed by atoms with Crippen LogP contribution in [0.25, 0.3) is 0 Å². The van der Waals surface area contributed by atoms with E-state index in [9.17, 15) is 13.5 Å². The molecule has 1 N–H and O–H groups in total.